The van der Waals surface area contributed by atoms with Gasteiger partial charge in [-0.1, -0.05) is 23.7 Å². The predicted molar refractivity (Wildman–Crippen MR) is 91.7 cm³/mol. The van der Waals surface area contributed by atoms with Crippen LogP contribution in [0.1, 0.15) is 0 Å². The van der Waals surface area contributed by atoms with Gasteiger partial charge in [0.25, 0.3) is 10.0 Å². The number of pyridine rings is 1. The van der Waals surface area contributed by atoms with Crippen LogP contribution in [0.3, 0.4) is 0 Å². The fraction of sp³-hybridized carbons (Fsp3) is 0. The highest BCUT2D eigenvalue weighted by molar-refractivity contribution is 9.10. The summed E-state index contributed by atoms with van der Waals surface area (Å²) in [6.07, 6.45) is 1.49. The van der Waals surface area contributed by atoms with E-state index in [-0.39, 0.29) is 4.90 Å². The van der Waals surface area contributed by atoms with Crippen molar-refractivity contribution in [2.45, 2.75) is 4.90 Å². The molecule has 0 atom stereocenters. The molecular weight excluding hydrogens is 388 g/mol. The molecule has 112 valence electrons. The van der Waals surface area contributed by atoms with E-state index in [9.17, 15) is 8.42 Å². The Morgan fingerprint density at radius 1 is 1.09 bits per heavy atom. The highest BCUT2D eigenvalue weighted by Gasteiger charge is 2.14. The molecule has 22 heavy (non-hydrogen) atoms. The molecule has 0 radical (unpaired) electrons. The Kier molecular flexibility index (Phi) is 4.08. The van der Waals surface area contributed by atoms with Crippen LogP contribution in [0.4, 0.5) is 5.69 Å². The average molecular weight is 398 g/mol. The Hall–Kier alpha value is -1.63. The fourth-order valence-corrected chi connectivity index (χ4v) is 3.65. The molecule has 0 bridgehead atoms. The minimum absolute atomic E-state index is 0.145. The second-order valence-corrected chi connectivity index (χ2v) is 7.57. The normalized spacial score (nSPS) is 11.5. The van der Waals surface area contributed by atoms with Crippen molar-refractivity contribution in [2.24, 2.45) is 0 Å². The number of sulfonamides is 1. The molecule has 0 saturated carbocycles. The van der Waals surface area contributed by atoms with Crippen molar-refractivity contribution in [3.63, 3.8) is 0 Å². The maximum atomic E-state index is 12.3. The first kappa shape index (κ1) is 15.3. The Labute approximate surface area is 141 Å². The van der Waals surface area contributed by atoms with Crippen LogP contribution >= 0.6 is 27.5 Å². The fourth-order valence-electron chi connectivity index (χ4n) is 2.01. The lowest BCUT2D eigenvalue weighted by atomic mass is 10.2. The van der Waals surface area contributed by atoms with Crippen molar-refractivity contribution in [1.29, 1.82) is 0 Å². The van der Waals surface area contributed by atoms with Crippen LogP contribution in [0, 0.1) is 0 Å². The SMILES string of the molecule is O=S(=O)(Nc1cnc2c(Br)cccc2c1)c1ccc(Cl)cc1. The first-order chi connectivity index (χ1) is 10.5. The second-order valence-electron chi connectivity index (χ2n) is 4.59. The Morgan fingerprint density at radius 2 is 1.82 bits per heavy atom. The number of benzene rings is 2. The van der Waals surface area contributed by atoms with Crippen molar-refractivity contribution < 1.29 is 8.42 Å². The van der Waals surface area contributed by atoms with E-state index in [1.54, 1.807) is 6.07 Å². The average Bonchev–Trinajstić information content (AvgIpc) is 2.47. The van der Waals surface area contributed by atoms with E-state index in [2.05, 4.69) is 25.6 Å². The number of aromatic nitrogens is 1. The van der Waals surface area contributed by atoms with E-state index in [0.717, 1.165) is 15.4 Å². The number of hydrogen-bond acceptors (Lipinski definition) is 3. The molecule has 1 heterocycles. The molecule has 0 aliphatic heterocycles. The molecule has 0 spiro atoms. The van der Waals surface area contributed by atoms with Gasteiger partial charge >= 0.3 is 0 Å². The Bertz CT molecular complexity index is 943. The van der Waals surface area contributed by atoms with Gasteiger partial charge in [0.1, 0.15) is 0 Å². The van der Waals surface area contributed by atoms with E-state index in [1.165, 1.54) is 30.5 Å². The first-order valence-electron chi connectivity index (χ1n) is 6.28. The van der Waals surface area contributed by atoms with E-state index < -0.39 is 10.0 Å². The molecule has 4 nitrogen and oxygen atoms in total. The molecular formula is C15H10BrClN2O2S. The molecule has 0 aliphatic rings. The van der Waals surface area contributed by atoms with Crippen molar-refractivity contribution in [3.05, 3.63) is 64.2 Å². The molecule has 2 aromatic carbocycles. The minimum Gasteiger partial charge on any atom is -0.278 e. The quantitative estimate of drug-likeness (QED) is 0.710. The van der Waals surface area contributed by atoms with Gasteiger partial charge in [-0.3, -0.25) is 9.71 Å². The van der Waals surface area contributed by atoms with Crippen LogP contribution in [-0.4, -0.2) is 13.4 Å². The van der Waals surface area contributed by atoms with Crippen LogP contribution in [0.15, 0.2) is 64.1 Å². The van der Waals surface area contributed by atoms with E-state index in [1.807, 2.05) is 18.2 Å². The minimum atomic E-state index is -3.67. The standard InChI is InChI=1S/C15H10BrClN2O2S/c16-14-3-1-2-10-8-12(9-18-15(10)14)19-22(20,21)13-6-4-11(17)5-7-13/h1-9,19H. The molecule has 1 N–H and O–H groups in total. The lowest BCUT2D eigenvalue weighted by Crippen LogP contribution is -2.13. The molecule has 0 aliphatic carbocycles. The molecule has 3 rings (SSSR count). The monoisotopic (exact) mass is 396 g/mol. The van der Waals surface area contributed by atoms with Gasteiger partial charge in [0.15, 0.2) is 0 Å². The number of anilines is 1. The number of hydrogen-bond donors (Lipinski definition) is 1. The molecule has 1 aromatic heterocycles. The predicted octanol–water partition coefficient (Wildman–Crippen LogP) is 4.45. The van der Waals surface area contributed by atoms with E-state index in [4.69, 9.17) is 11.6 Å². The number of halogens is 2. The summed E-state index contributed by atoms with van der Waals surface area (Å²) in [5.41, 5.74) is 1.18. The summed E-state index contributed by atoms with van der Waals surface area (Å²) in [7, 11) is -3.67. The topological polar surface area (TPSA) is 59.1 Å². The molecule has 0 amide bonds. The number of nitrogens with zero attached hydrogens (tertiary/aromatic N) is 1. The smallest absolute Gasteiger partial charge is 0.261 e. The van der Waals surface area contributed by atoms with Crippen LogP contribution in [-0.2, 0) is 10.0 Å². The lowest BCUT2D eigenvalue weighted by Gasteiger charge is -2.09. The van der Waals surface area contributed by atoms with E-state index in [0.29, 0.717) is 10.7 Å². The van der Waals surface area contributed by atoms with Gasteiger partial charge in [-0.15, -0.1) is 0 Å². The van der Waals surface area contributed by atoms with Crippen molar-refractivity contribution in [3.8, 4) is 0 Å². The summed E-state index contributed by atoms with van der Waals surface area (Å²) in [6, 6.07) is 13.3. The zero-order chi connectivity index (χ0) is 15.7. The molecule has 0 unspecified atom stereocenters. The summed E-state index contributed by atoms with van der Waals surface area (Å²) in [5, 5.41) is 1.32. The van der Waals surface area contributed by atoms with Crippen LogP contribution < -0.4 is 4.72 Å². The van der Waals surface area contributed by atoms with Crippen molar-refractivity contribution in [1.82, 2.24) is 4.98 Å². The van der Waals surface area contributed by atoms with Gasteiger partial charge in [0.05, 0.1) is 22.3 Å². The highest BCUT2D eigenvalue weighted by Crippen LogP contribution is 2.25. The van der Waals surface area contributed by atoms with Crippen molar-refractivity contribution in [2.75, 3.05) is 4.72 Å². The maximum absolute atomic E-state index is 12.3. The van der Waals surface area contributed by atoms with Gasteiger partial charge < -0.3 is 0 Å². The molecule has 0 fully saturated rings. The third-order valence-corrected chi connectivity index (χ3v) is 5.33. The second kappa shape index (κ2) is 5.87. The van der Waals surface area contributed by atoms with Crippen LogP contribution in [0.2, 0.25) is 5.02 Å². The first-order valence-corrected chi connectivity index (χ1v) is 8.94. The van der Waals surface area contributed by atoms with Gasteiger partial charge in [-0.2, -0.15) is 0 Å². The van der Waals surface area contributed by atoms with Gasteiger partial charge in [-0.25, -0.2) is 8.42 Å². The number of nitrogens with one attached hydrogen (secondary N) is 1. The zero-order valence-corrected chi connectivity index (χ0v) is 14.3. The maximum Gasteiger partial charge on any atom is 0.261 e. The Morgan fingerprint density at radius 3 is 2.55 bits per heavy atom. The third-order valence-electron chi connectivity index (χ3n) is 3.04. The van der Waals surface area contributed by atoms with Gasteiger partial charge in [0, 0.05) is 14.9 Å². The summed E-state index contributed by atoms with van der Waals surface area (Å²) in [6.45, 7) is 0. The van der Waals surface area contributed by atoms with Gasteiger partial charge in [-0.05, 0) is 52.3 Å². The summed E-state index contributed by atoms with van der Waals surface area (Å²) < 4.78 is 28.0. The van der Waals surface area contributed by atoms with Crippen molar-refractivity contribution >= 4 is 54.1 Å². The Balaban J connectivity index is 1.97. The summed E-state index contributed by atoms with van der Waals surface area (Å²) in [5.74, 6) is 0. The van der Waals surface area contributed by atoms with Gasteiger partial charge in [0.2, 0.25) is 0 Å². The van der Waals surface area contributed by atoms with Crippen LogP contribution in [0.25, 0.3) is 10.9 Å². The summed E-state index contributed by atoms with van der Waals surface area (Å²) in [4.78, 5) is 4.42. The third kappa shape index (κ3) is 3.09. The number of para-hydroxylation sites is 1. The summed E-state index contributed by atoms with van der Waals surface area (Å²) >= 11 is 9.19. The van der Waals surface area contributed by atoms with Crippen LogP contribution in [0.5, 0.6) is 0 Å². The number of fused-ring (bicyclic) bond motifs is 1. The lowest BCUT2D eigenvalue weighted by molar-refractivity contribution is 0.601. The largest absolute Gasteiger partial charge is 0.278 e. The zero-order valence-electron chi connectivity index (χ0n) is 11.1. The number of rotatable bonds is 3. The molecule has 3 aromatic rings. The van der Waals surface area contributed by atoms with E-state index >= 15 is 0 Å². The highest BCUT2D eigenvalue weighted by atomic mass is 79.9. The molecule has 7 heteroatoms. The molecule has 0 saturated heterocycles.